The fourth-order valence-electron chi connectivity index (χ4n) is 1.72. The summed E-state index contributed by atoms with van der Waals surface area (Å²) in [6.07, 6.45) is 1.92. The fraction of sp³-hybridized carbons (Fsp3) is 0.462. The van der Waals surface area contributed by atoms with Gasteiger partial charge in [0, 0.05) is 18.7 Å². The molecule has 0 saturated carbocycles. The first kappa shape index (κ1) is 13.5. The van der Waals surface area contributed by atoms with Gasteiger partial charge in [-0.3, -0.25) is 15.5 Å². The molecule has 4 heteroatoms. The molecule has 0 fully saturated rings. The molecule has 0 atom stereocenters. The highest BCUT2D eigenvalue weighted by Gasteiger charge is 2.13. The molecule has 0 bridgehead atoms. The van der Waals surface area contributed by atoms with E-state index in [4.69, 9.17) is 5.21 Å². The molecular weight excluding hydrogens is 216 g/mol. The van der Waals surface area contributed by atoms with Crippen LogP contribution in [0.3, 0.4) is 0 Å². The molecule has 0 heterocycles. The Morgan fingerprint density at radius 3 is 2.12 bits per heavy atom. The predicted molar refractivity (Wildman–Crippen MR) is 68.3 cm³/mol. The van der Waals surface area contributed by atoms with Gasteiger partial charge in [-0.2, -0.15) is 0 Å². The van der Waals surface area contributed by atoms with Crippen LogP contribution in [-0.2, 0) is 0 Å². The summed E-state index contributed by atoms with van der Waals surface area (Å²) in [5.74, 6) is 0.0539. The van der Waals surface area contributed by atoms with Crippen LogP contribution < -0.4 is 5.48 Å². The van der Waals surface area contributed by atoms with Crippen molar-refractivity contribution in [2.24, 2.45) is 0 Å². The summed E-state index contributed by atoms with van der Waals surface area (Å²) in [6.45, 7) is 5.70. The lowest BCUT2D eigenvalue weighted by Crippen LogP contribution is -2.32. The van der Waals surface area contributed by atoms with Crippen LogP contribution in [0.15, 0.2) is 24.3 Å². The van der Waals surface area contributed by atoms with Crippen LogP contribution in [0.4, 0.5) is 5.69 Å². The highest BCUT2D eigenvalue weighted by atomic mass is 16.5. The second-order valence-electron chi connectivity index (χ2n) is 3.98. The summed E-state index contributed by atoms with van der Waals surface area (Å²) in [5, 5.41) is 8.70. The molecule has 0 aliphatic carbocycles. The van der Waals surface area contributed by atoms with Crippen LogP contribution in [0.2, 0.25) is 0 Å². The number of hydrogen-bond donors (Lipinski definition) is 2. The van der Waals surface area contributed by atoms with E-state index < -0.39 is 0 Å². The molecule has 0 aliphatic heterocycles. The lowest BCUT2D eigenvalue weighted by atomic mass is 10.1. The van der Waals surface area contributed by atoms with Gasteiger partial charge in [-0.1, -0.05) is 13.8 Å². The summed E-state index contributed by atoms with van der Waals surface area (Å²) >= 11 is 0. The summed E-state index contributed by atoms with van der Waals surface area (Å²) in [5.41, 5.74) is 3.29. The van der Waals surface area contributed by atoms with Crippen molar-refractivity contribution in [3.8, 4) is 0 Å². The normalized spacial score (nSPS) is 10.1. The number of rotatable bonds is 6. The second-order valence-corrected chi connectivity index (χ2v) is 3.98. The van der Waals surface area contributed by atoms with E-state index in [0.717, 1.165) is 25.9 Å². The number of nitrogens with one attached hydrogen (secondary N) is 1. The van der Waals surface area contributed by atoms with Crippen molar-refractivity contribution in [1.29, 1.82) is 0 Å². The molecule has 0 unspecified atom stereocenters. The maximum Gasteiger partial charge on any atom is 0.253 e. The Morgan fingerprint density at radius 1 is 1.18 bits per heavy atom. The zero-order chi connectivity index (χ0) is 12.7. The van der Waals surface area contributed by atoms with Crippen molar-refractivity contribution in [3.05, 3.63) is 29.8 Å². The molecule has 0 spiro atoms. The van der Waals surface area contributed by atoms with Gasteiger partial charge in [0.15, 0.2) is 0 Å². The molecule has 1 aromatic rings. The molecule has 1 aromatic carbocycles. The fourth-order valence-corrected chi connectivity index (χ4v) is 1.72. The largest absolute Gasteiger partial charge is 0.339 e. The number of anilines is 1. The summed E-state index contributed by atoms with van der Waals surface area (Å²) in [6, 6.07) is 6.81. The van der Waals surface area contributed by atoms with Gasteiger partial charge >= 0.3 is 0 Å². The Labute approximate surface area is 102 Å². The van der Waals surface area contributed by atoms with E-state index in [2.05, 4.69) is 13.8 Å². The monoisotopic (exact) mass is 236 g/mol. The van der Waals surface area contributed by atoms with Gasteiger partial charge in [0.05, 0.1) is 5.69 Å². The number of nitrogens with zero attached hydrogens (tertiary/aromatic N) is 1. The Morgan fingerprint density at radius 2 is 1.71 bits per heavy atom. The van der Waals surface area contributed by atoms with E-state index in [1.807, 2.05) is 10.4 Å². The number of carbonyl (C=O) groups excluding carboxylic acids is 1. The SMILES string of the molecule is CCCN(CCC)C(=O)c1ccc(NO)cc1. The third-order valence-corrected chi connectivity index (χ3v) is 2.54. The first-order valence-electron chi connectivity index (χ1n) is 6.02. The lowest BCUT2D eigenvalue weighted by molar-refractivity contribution is 0.0755. The molecule has 17 heavy (non-hydrogen) atoms. The van der Waals surface area contributed by atoms with Gasteiger partial charge in [-0.15, -0.1) is 0 Å². The van der Waals surface area contributed by atoms with Gasteiger partial charge in [-0.05, 0) is 37.1 Å². The lowest BCUT2D eigenvalue weighted by Gasteiger charge is -2.21. The van der Waals surface area contributed by atoms with E-state index in [1.54, 1.807) is 24.3 Å². The van der Waals surface area contributed by atoms with Gasteiger partial charge in [0.1, 0.15) is 0 Å². The Balaban J connectivity index is 2.77. The van der Waals surface area contributed by atoms with Gasteiger partial charge < -0.3 is 4.90 Å². The second kappa shape index (κ2) is 6.91. The van der Waals surface area contributed by atoms with Crippen LogP contribution in [0.1, 0.15) is 37.0 Å². The highest BCUT2D eigenvalue weighted by Crippen LogP contribution is 2.11. The zero-order valence-electron chi connectivity index (χ0n) is 10.4. The van der Waals surface area contributed by atoms with Crippen LogP contribution in [0.5, 0.6) is 0 Å². The van der Waals surface area contributed by atoms with E-state index in [1.165, 1.54) is 0 Å². The van der Waals surface area contributed by atoms with Crippen LogP contribution in [0.25, 0.3) is 0 Å². The van der Waals surface area contributed by atoms with Gasteiger partial charge in [0.25, 0.3) is 5.91 Å². The Hall–Kier alpha value is -1.55. The molecule has 0 aliphatic rings. The molecule has 1 rings (SSSR count). The highest BCUT2D eigenvalue weighted by molar-refractivity contribution is 5.94. The van der Waals surface area contributed by atoms with E-state index in [9.17, 15) is 4.79 Å². The van der Waals surface area contributed by atoms with Crippen LogP contribution in [0, 0.1) is 0 Å². The maximum atomic E-state index is 12.2. The zero-order valence-corrected chi connectivity index (χ0v) is 10.4. The molecule has 0 saturated heterocycles. The van der Waals surface area contributed by atoms with Crippen molar-refractivity contribution in [2.45, 2.75) is 26.7 Å². The molecule has 0 aromatic heterocycles. The molecule has 2 N–H and O–H groups in total. The number of carbonyl (C=O) groups is 1. The number of benzene rings is 1. The number of hydrogen-bond acceptors (Lipinski definition) is 3. The predicted octanol–water partition coefficient (Wildman–Crippen LogP) is 2.75. The minimum atomic E-state index is 0.0539. The molecule has 0 radical (unpaired) electrons. The topological polar surface area (TPSA) is 52.6 Å². The van der Waals surface area contributed by atoms with Crippen LogP contribution >= 0.6 is 0 Å². The van der Waals surface area contributed by atoms with Crippen molar-refractivity contribution in [1.82, 2.24) is 4.90 Å². The van der Waals surface area contributed by atoms with E-state index >= 15 is 0 Å². The van der Waals surface area contributed by atoms with Crippen molar-refractivity contribution >= 4 is 11.6 Å². The third kappa shape index (κ3) is 3.75. The average Bonchev–Trinajstić information content (AvgIpc) is 2.38. The average molecular weight is 236 g/mol. The Kier molecular flexibility index (Phi) is 5.49. The van der Waals surface area contributed by atoms with E-state index in [-0.39, 0.29) is 5.91 Å². The molecule has 1 amide bonds. The van der Waals surface area contributed by atoms with E-state index in [0.29, 0.717) is 11.3 Å². The maximum absolute atomic E-state index is 12.2. The first-order chi connectivity index (χ1) is 8.22. The van der Waals surface area contributed by atoms with Crippen molar-refractivity contribution < 1.29 is 10.0 Å². The minimum Gasteiger partial charge on any atom is -0.339 e. The van der Waals surface area contributed by atoms with Crippen molar-refractivity contribution in [2.75, 3.05) is 18.6 Å². The van der Waals surface area contributed by atoms with Crippen LogP contribution in [-0.4, -0.2) is 29.1 Å². The van der Waals surface area contributed by atoms with Gasteiger partial charge in [0.2, 0.25) is 0 Å². The molecule has 94 valence electrons. The number of amides is 1. The Bertz CT molecular complexity index is 343. The summed E-state index contributed by atoms with van der Waals surface area (Å²) < 4.78 is 0. The quantitative estimate of drug-likeness (QED) is 0.747. The minimum absolute atomic E-state index is 0.0539. The standard InChI is InChI=1S/C13H20N2O2/c1-3-9-15(10-4-2)13(16)11-5-7-12(14-17)8-6-11/h5-8,14,17H,3-4,9-10H2,1-2H3. The first-order valence-corrected chi connectivity index (χ1v) is 6.02. The smallest absolute Gasteiger partial charge is 0.253 e. The van der Waals surface area contributed by atoms with Crippen molar-refractivity contribution in [3.63, 3.8) is 0 Å². The summed E-state index contributed by atoms with van der Waals surface area (Å²) in [4.78, 5) is 14.0. The van der Waals surface area contributed by atoms with Gasteiger partial charge in [-0.25, -0.2) is 0 Å². The molecular formula is C13H20N2O2. The third-order valence-electron chi connectivity index (χ3n) is 2.54. The summed E-state index contributed by atoms with van der Waals surface area (Å²) in [7, 11) is 0. The molecule has 4 nitrogen and oxygen atoms in total.